The minimum atomic E-state index is -0.614. The van der Waals surface area contributed by atoms with Crippen molar-refractivity contribution in [2.24, 2.45) is 10.1 Å². The lowest BCUT2D eigenvalue weighted by Crippen LogP contribution is -2.25. The highest BCUT2D eigenvalue weighted by atomic mass is 32.2. The minimum Gasteiger partial charge on any atom is -0.497 e. The van der Waals surface area contributed by atoms with E-state index in [2.05, 4.69) is 10.3 Å². The number of amides is 2. The topological polar surface area (TPSA) is 92.6 Å². The Balaban J connectivity index is 1.33. The van der Waals surface area contributed by atoms with Crippen molar-refractivity contribution in [2.75, 3.05) is 19.5 Å². The molecule has 5 rings (SSSR count). The van der Waals surface area contributed by atoms with Gasteiger partial charge in [0.25, 0.3) is 5.91 Å². The van der Waals surface area contributed by atoms with Crippen molar-refractivity contribution in [3.63, 3.8) is 0 Å². The molecule has 2 amide bonds. The third-order valence-electron chi connectivity index (χ3n) is 6.17. The summed E-state index contributed by atoms with van der Waals surface area (Å²) in [5.74, 6) is 0.816. The van der Waals surface area contributed by atoms with E-state index in [0.29, 0.717) is 23.0 Å². The summed E-state index contributed by atoms with van der Waals surface area (Å²) in [7, 11) is 3.20. The van der Waals surface area contributed by atoms with Gasteiger partial charge in [0.2, 0.25) is 5.91 Å². The lowest BCUT2D eigenvalue weighted by molar-refractivity contribution is -0.121. The van der Waals surface area contributed by atoms with E-state index < -0.39 is 5.25 Å². The predicted octanol–water partition coefficient (Wildman–Crippen LogP) is 4.88. The molecule has 0 bridgehead atoms. The van der Waals surface area contributed by atoms with Gasteiger partial charge in [0, 0.05) is 24.6 Å². The number of hydrazone groups is 1. The zero-order valence-corrected chi connectivity index (χ0v) is 21.3. The molecule has 3 aromatic rings. The number of hydrogen-bond acceptors (Lipinski definition) is 7. The molecule has 2 aliphatic heterocycles. The normalized spacial score (nSPS) is 18.9. The van der Waals surface area contributed by atoms with Crippen LogP contribution < -0.4 is 14.8 Å². The molecule has 2 aliphatic rings. The third-order valence-corrected chi connectivity index (χ3v) is 7.31. The van der Waals surface area contributed by atoms with Crippen LogP contribution in [0.4, 0.5) is 5.69 Å². The first-order chi connectivity index (χ1) is 18.0. The van der Waals surface area contributed by atoms with Crippen molar-refractivity contribution in [1.82, 2.24) is 5.01 Å². The van der Waals surface area contributed by atoms with E-state index in [1.54, 1.807) is 38.5 Å². The maximum atomic E-state index is 12.8. The molecule has 0 spiro atoms. The van der Waals surface area contributed by atoms with Gasteiger partial charge in [0.05, 0.1) is 26.0 Å². The van der Waals surface area contributed by atoms with E-state index in [4.69, 9.17) is 14.6 Å². The van der Waals surface area contributed by atoms with Crippen molar-refractivity contribution < 1.29 is 19.1 Å². The Morgan fingerprint density at radius 1 is 1.00 bits per heavy atom. The molecule has 0 radical (unpaired) electrons. The van der Waals surface area contributed by atoms with Gasteiger partial charge in [0.1, 0.15) is 16.7 Å². The number of nitrogens with zero attached hydrogens (tertiary/aromatic N) is 3. The van der Waals surface area contributed by atoms with Crippen LogP contribution in [0.5, 0.6) is 11.5 Å². The first-order valence-electron chi connectivity index (χ1n) is 11.8. The molecule has 0 saturated carbocycles. The molecule has 2 heterocycles. The van der Waals surface area contributed by atoms with Gasteiger partial charge >= 0.3 is 0 Å². The van der Waals surface area contributed by atoms with E-state index in [1.165, 1.54) is 11.8 Å². The number of carbonyl (C=O) groups is 2. The number of aliphatic imine (C=N–C) groups is 1. The Morgan fingerprint density at radius 3 is 2.49 bits per heavy atom. The lowest BCUT2D eigenvalue weighted by Gasteiger charge is -2.23. The van der Waals surface area contributed by atoms with Gasteiger partial charge in [-0.25, -0.2) is 5.01 Å². The molecule has 0 fully saturated rings. The molecule has 0 aliphatic carbocycles. The zero-order valence-electron chi connectivity index (χ0n) is 20.5. The largest absolute Gasteiger partial charge is 0.497 e. The fourth-order valence-electron chi connectivity index (χ4n) is 4.27. The number of methoxy groups -OCH3 is 2. The van der Waals surface area contributed by atoms with Crippen molar-refractivity contribution in [1.29, 1.82) is 0 Å². The van der Waals surface area contributed by atoms with Crippen LogP contribution in [0, 0.1) is 0 Å². The Hall–Kier alpha value is -4.11. The average molecular weight is 515 g/mol. The number of rotatable bonds is 7. The molecule has 0 aromatic heterocycles. The Morgan fingerprint density at radius 2 is 1.76 bits per heavy atom. The van der Waals surface area contributed by atoms with Gasteiger partial charge in [0.15, 0.2) is 5.17 Å². The highest BCUT2D eigenvalue weighted by Gasteiger charge is 2.39. The first-order valence-corrected chi connectivity index (χ1v) is 12.7. The number of carbonyl (C=O) groups excluding carboxylic acids is 2. The van der Waals surface area contributed by atoms with E-state index in [1.807, 2.05) is 59.6 Å². The van der Waals surface area contributed by atoms with Crippen LogP contribution in [0.25, 0.3) is 0 Å². The highest BCUT2D eigenvalue weighted by molar-refractivity contribution is 8.15. The number of ether oxygens (including phenoxy) is 2. The second-order valence-electron chi connectivity index (χ2n) is 8.57. The SMILES string of the molecule is COc1ccc(C2=NN(C3=NC(=O)[C@@H](CC(=O)Nc4cccc(OC)c4)S3)[C@H](c3ccccc3)C2)cc1. The summed E-state index contributed by atoms with van der Waals surface area (Å²) in [5.41, 5.74) is 3.56. The standard InChI is InChI=1S/C28H26N4O4S/c1-35-21-13-11-18(12-14-21)23-16-24(19-7-4-3-5-8-19)32(31-23)28-30-27(34)25(37-28)17-26(33)29-20-9-6-10-22(15-20)36-2/h3-15,24-25H,16-17H2,1-2H3,(H,29,33)/t24-,25+/m0/s1. The zero-order chi connectivity index (χ0) is 25.8. The van der Waals surface area contributed by atoms with Gasteiger partial charge in [-0.15, -0.1) is 0 Å². The molecule has 188 valence electrons. The molecule has 1 N–H and O–H groups in total. The fourth-order valence-corrected chi connectivity index (χ4v) is 5.33. The van der Waals surface area contributed by atoms with Crippen LogP contribution in [-0.4, -0.2) is 47.2 Å². The third kappa shape index (κ3) is 5.51. The maximum absolute atomic E-state index is 12.8. The number of thioether (sulfide) groups is 1. The number of hydrogen-bond donors (Lipinski definition) is 1. The van der Waals surface area contributed by atoms with Gasteiger partial charge < -0.3 is 14.8 Å². The number of benzene rings is 3. The van der Waals surface area contributed by atoms with E-state index in [-0.39, 0.29) is 24.3 Å². The van der Waals surface area contributed by atoms with Crippen LogP contribution in [0.2, 0.25) is 0 Å². The van der Waals surface area contributed by atoms with Gasteiger partial charge in [-0.3, -0.25) is 9.59 Å². The first kappa shape index (κ1) is 24.6. The summed E-state index contributed by atoms with van der Waals surface area (Å²) >= 11 is 1.28. The van der Waals surface area contributed by atoms with Gasteiger partial charge in [-0.2, -0.15) is 10.1 Å². The van der Waals surface area contributed by atoms with Crippen LogP contribution in [0.3, 0.4) is 0 Å². The lowest BCUT2D eigenvalue weighted by atomic mass is 9.98. The van der Waals surface area contributed by atoms with Crippen LogP contribution in [0.1, 0.15) is 30.0 Å². The summed E-state index contributed by atoms with van der Waals surface area (Å²) in [6, 6.07) is 24.8. The molecular weight excluding hydrogens is 488 g/mol. The van der Waals surface area contributed by atoms with Crippen molar-refractivity contribution in [3.8, 4) is 11.5 Å². The highest BCUT2D eigenvalue weighted by Crippen LogP contribution is 2.38. The van der Waals surface area contributed by atoms with Crippen LogP contribution in [0.15, 0.2) is 89.0 Å². The van der Waals surface area contributed by atoms with E-state index in [0.717, 1.165) is 22.6 Å². The van der Waals surface area contributed by atoms with Gasteiger partial charge in [-0.05, 0) is 47.5 Å². The minimum absolute atomic E-state index is 0.00655. The molecule has 37 heavy (non-hydrogen) atoms. The van der Waals surface area contributed by atoms with Crippen LogP contribution >= 0.6 is 11.8 Å². The Labute approximate surface area is 219 Å². The maximum Gasteiger partial charge on any atom is 0.262 e. The second kappa shape index (κ2) is 10.9. The quantitative estimate of drug-likeness (QED) is 0.483. The molecule has 8 nitrogen and oxygen atoms in total. The monoisotopic (exact) mass is 514 g/mol. The molecule has 3 aromatic carbocycles. The Kier molecular flexibility index (Phi) is 7.23. The Bertz CT molecular complexity index is 1360. The fraction of sp³-hybridized carbons (Fsp3) is 0.214. The predicted molar refractivity (Wildman–Crippen MR) is 145 cm³/mol. The molecule has 9 heteroatoms. The molecule has 0 unspecified atom stereocenters. The van der Waals surface area contributed by atoms with Crippen LogP contribution in [-0.2, 0) is 9.59 Å². The molecule has 0 saturated heterocycles. The van der Waals surface area contributed by atoms with Crippen molar-refractivity contribution in [3.05, 3.63) is 90.0 Å². The summed E-state index contributed by atoms with van der Waals surface area (Å²) in [4.78, 5) is 29.8. The average Bonchev–Trinajstić information content (AvgIpc) is 3.53. The van der Waals surface area contributed by atoms with E-state index in [9.17, 15) is 9.59 Å². The number of nitrogens with one attached hydrogen (secondary N) is 1. The van der Waals surface area contributed by atoms with E-state index >= 15 is 0 Å². The van der Waals surface area contributed by atoms with Crippen molar-refractivity contribution in [2.45, 2.75) is 24.1 Å². The summed E-state index contributed by atoms with van der Waals surface area (Å²) in [6.45, 7) is 0. The smallest absolute Gasteiger partial charge is 0.262 e. The second-order valence-corrected chi connectivity index (χ2v) is 9.74. The van der Waals surface area contributed by atoms with Gasteiger partial charge in [-0.1, -0.05) is 48.2 Å². The summed E-state index contributed by atoms with van der Waals surface area (Å²) in [5, 5.41) is 9.42. The molecular formula is C28H26N4O4S. The summed E-state index contributed by atoms with van der Waals surface area (Å²) in [6.07, 6.45) is 0.664. The number of anilines is 1. The summed E-state index contributed by atoms with van der Waals surface area (Å²) < 4.78 is 10.5. The van der Waals surface area contributed by atoms with Crippen molar-refractivity contribution >= 4 is 40.1 Å². The number of amidine groups is 1. The molecule has 2 atom stereocenters.